The van der Waals surface area contributed by atoms with Gasteiger partial charge in [0.1, 0.15) is 0 Å². The molecule has 1 aromatic carbocycles. The fourth-order valence-corrected chi connectivity index (χ4v) is 2.59. The number of benzene rings is 1. The van der Waals surface area contributed by atoms with Crippen molar-refractivity contribution in [1.82, 2.24) is 4.98 Å². The second-order valence-electron chi connectivity index (χ2n) is 3.93. The molecule has 0 fully saturated rings. The van der Waals surface area contributed by atoms with E-state index in [1.807, 2.05) is 24.3 Å². The lowest BCUT2D eigenvalue weighted by Crippen LogP contribution is -2.03. The van der Waals surface area contributed by atoms with Crippen LogP contribution in [-0.4, -0.2) is 16.5 Å². The Morgan fingerprint density at radius 2 is 2.06 bits per heavy atom. The fourth-order valence-electron chi connectivity index (χ4n) is 1.61. The lowest BCUT2D eigenvalue weighted by atomic mass is 10.1. The van der Waals surface area contributed by atoms with Gasteiger partial charge in [-0.2, -0.15) is 0 Å². The molecular formula is C14H15NOS. The van der Waals surface area contributed by atoms with Gasteiger partial charge in [-0.15, -0.1) is 11.8 Å². The van der Waals surface area contributed by atoms with E-state index >= 15 is 0 Å². The van der Waals surface area contributed by atoms with E-state index in [1.165, 1.54) is 11.1 Å². The first-order chi connectivity index (χ1) is 8.27. The summed E-state index contributed by atoms with van der Waals surface area (Å²) in [5, 5.41) is 0. The number of nitrogens with one attached hydrogen (secondary N) is 1. The van der Waals surface area contributed by atoms with E-state index in [0.717, 1.165) is 5.75 Å². The van der Waals surface area contributed by atoms with Gasteiger partial charge in [0.05, 0.1) is 11.4 Å². The number of aromatic amines is 1. The van der Waals surface area contributed by atoms with Gasteiger partial charge in [0.25, 0.3) is 0 Å². The Labute approximate surface area is 105 Å². The summed E-state index contributed by atoms with van der Waals surface area (Å²) in [7, 11) is 0. The van der Waals surface area contributed by atoms with E-state index in [2.05, 4.69) is 24.0 Å². The van der Waals surface area contributed by atoms with Crippen LogP contribution in [-0.2, 0) is 5.75 Å². The van der Waals surface area contributed by atoms with Crippen molar-refractivity contribution in [3.8, 4) is 0 Å². The molecule has 0 bridgehead atoms. The third kappa shape index (κ3) is 3.24. The first kappa shape index (κ1) is 12.0. The first-order valence-electron chi connectivity index (χ1n) is 5.56. The molecule has 3 heteroatoms. The van der Waals surface area contributed by atoms with Crippen molar-refractivity contribution in [2.45, 2.75) is 12.7 Å². The average Bonchev–Trinajstić information content (AvgIpc) is 2.85. The second-order valence-corrected chi connectivity index (χ2v) is 4.91. The molecule has 0 aliphatic rings. The fraction of sp³-hybridized carbons (Fsp3) is 0.214. The van der Waals surface area contributed by atoms with Gasteiger partial charge in [0.15, 0.2) is 5.78 Å². The average molecular weight is 245 g/mol. The lowest BCUT2D eigenvalue weighted by Gasteiger charge is -2.04. The van der Waals surface area contributed by atoms with Gasteiger partial charge in [-0.25, -0.2) is 0 Å². The topological polar surface area (TPSA) is 32.9 Å². The minimum atomic E-state index is 0.161. The number of aromatic nitrogens is 1. The summed E-state index contributed by atoms with van der Waals surface area (Å²) in [5.74, 6) is 1.57. The van der Waals surface area contributed by atoms with Crippen LogP contribution < -0.4 is 0 Å². The van der Waals surface area contributed by atoms with Crippen molar-refractivity contribution in [2.24, 2.45) is 0 Å². The quantitative estimate of drug-likeness (QED) is 0.818. The molecule has 0 saturated heterocycles. The predicted octanol–water partition coefficient (Wildman–Crippen LogP) is 3.44. The zero-order chi connectivity index (χ0) is 12.1. The maximum atomic E-state index is 11.7. The summed E-state index contributed by atoms with van der Waals surface area (Å²) in [6.45, 7) is 2.10. The van der Waals surface area contributed by atoms with E-state index in [4.69, 9.17) is 0 Å². The second kappa shape index (κ2) is 5.73. The molecule has 0 amide bonds. The van der Waals surface area contributed by atoms with Crippen LogP contribution in [0.5, 0.6) is 0 Å². The summed E-state index contributed by atoms with van der Waals surface area (Å²) in [4.78, 5) is 14.7. The molecule has 1 aromatic heterocycles. The van der Waals surface area contributed by atoms with Crippen molar-refractivity contribution in [2.75, 3.05) is 5.75 Å². The molecule has 2 nitrogen and oxygen atoms in total. The zero-order valence-corrected chi connectivity index (χ0v) is 10.6. The van der Waals surface area contributed by atoms with Crippen molar-refractivity contribution in [1.29, 1.82) is 0 Å². The Kier molecular flexibility index (Phi) is 4.04. The molecule has 0 atom stereocenters. The molecule has 1 N–H and O–H groups in total. The number of thioether (sulfide) groups is 1. The maximum Gasteiger partial charge on any atom is 0.188 e. The number of hydrogen-bond donors (Lipinski definition) is 1. The highest BCUT2D eigenvalue weighted by Crippen LogP contribution is 2.16. The van der Waals surface area contributed by atoms with Crippen molar-refractivity contribution in [3.05, 3.63) is 59.4 Å². The van der Waals surface area contributed by atoms with Gasteiger partial charge >= 0.3 is 0 Å². The zero-order valence-electron chi connectivity index (χ0n) is 9.77. The summed E-state index contributed by atoms with van der Waals surface area (Å²) in [6, 6.07) is 11.9. The predicted molar refractivity (Wildman–Crippen MR) is 72.5 cm³/mol. The van der Waals surface area contributed by atoms with E-state index in [-0.39, 0.29) is 5.78 Å². The van der Waals surface area contributed by atoms with Gasteiger partial charge in [0.2, 0.25) is 0 Å². The van der Waals surface area contributed by atoms with Crippen LogP contribution in [0.1, 0.15) is 21.6 Å². The number of Topliss-reactive ketones (excluding diaryl/α,β-unsaturated/α-hetero) is 1. The number of H-pyrrole nitrogens is 1. The SMILES string of the molecule is Cc1ccccc1CSCC(=O)c1ccc[nH]1. The summed E-state index contributed by atoms with van der Waals surface area (Å²) < 4.78 is 0. The number of ketones is 1. The largest absolute Gasteiger partial charge is 0.359 e. The molecule has 88 valence electrons. The smallest absolute Gasteiger partial charge is 0.188 e. The highest BCUT2D eigenvalue weighted by Gasteiger charge is 2.06. The summed E-state index contributed by atoms with van der Waals surface area (Å²) >= 11 is 1.66. The molecule has 0 aliphatic heterocycles. The number of rotatable bonds is 5. The summed E-state index contributed by atoms with van der Waals surface area (Å²) in [5.41, 5.74) is 3.28. The molecule has 2 rings (SSSR count). The van der Waals surface area contributed by atoms with Crippen LogP contribution in [0.25, 0.3) is 0 Å². The normalized spacial score (nSPS) is 10.4. The third-order valence-corrected chi connectivity index (χ3v) is 3.63. The van der Waals surface area contributed by atoms with E-state index in [9.17, 15) is 4.79 Å². The molecule has 0 aliphatic carbocycles. The van der Waals surface area contributed by atoms with Crippen molar-refractivity contribution >= 4 is 17.5 Å². The molecule has 0 unspecified atom stereocenters. The van der Waals surface area contributed by atoms with Gasteiger partial charge in [-0.05, 0) is 30.2 Å². The highest BCUT2D eigenvalue weighted by atomic mass is 32.2. The van der Waals surface area contributed by atoms with Crippen molar-refractivity contribution < 1.29 is 4.79 Å². The lowest BCUT2D eigenvalue weighted by molar-refractivity contribution is 0.101. The Balaban J connectivity index is 1.84. The van der Waals surface area contributed by atoms with Crippen LogP contribution in [0.2, 0.25) is 0 Å². The van der Waals surface area contributed by atoms with Gasteiger partial charge < -0.3 is 4.98 Å². The third-order valence-electron chi connectivity index (χ3n) is 2.65. The van der Waals surface area contributed by atoms with E-state index in [0.29, 0.717) is 11.4 Å². The van der Waals surface area contributed by atoms with Crippen LogP contribution in [0.3, 0.4) is 0 Å². The first-order valence-corrected chi connectivity index (χ1v) is 6.71. The van der Waals surface area contributed by atoms with E-state index < -0.39 is 0 Å². The number of hydrogen-bond acceptors (Lipinski definition) is 2. The standard InChI is InChI=1S/C14H15NOS/c1-11-5-2-3-6-12(11)9-17-10-14(16)13-7-4-8-15-13/h2-8,15H,9-10H2,1H3. The van der Waals surface area contributed by atoms with Crippen LogP contribution in [0.15, 0.2) is 42.6 Å². The molecule has 0 saturated carbocycles. The molecule has 0 radical (unpaired) electrons. The highest BCUT2D eigenvalue weighted by molar-refractivity contribution is 7.99. The maximum absolute atomic E-state index is 11.7. The molecule has 0 spiro atoms. The van der Waals surface area contributed by atoms with Crippen molar-refractivity contribution in [3.63, 3.8) is 0 Å². The van der Waals surface area contributed by atoms with Gasteiger partial charge in [-0.3, -0.25) is 4.79 Å². The number of carbonyl (C=O) groups excluding carboxylic acids is 1. The molecular weight excluding hydrogens is 230 g/mol. The molecule has 2 aromatic rings. The monoisotopic (exact) mass is 245 g/mol. The Bertz CT molecular complexity index is 491. The van der Waals surface area contributed by atoms with Gasteiger partial charge in [-0.1, -0.05) is 24.3 Å². The molecule has 17 heavy (non-hydrogen) atoms. The summed E-state index contributed by atoms with van der Waals surface area (Å²) in [6.07, 6.45) is 1.78. The van der Waals surface area contributed by atoms with E-state index in [1.54, 1.807) is 18.0 Å². The molecule has 1 heterocycles. The Hall–Kier alpha value is -1.48. The number of carbonyl (C=O) groups is 1. The Morgan fingerprint density at radius 3 is 2.76 bits per heavy atom. The van der Waals surface area contributed by atoms with Crippen LogP contribution in [0.4, 0.5) is 0 Å². The minimum absolute atomic E-state index is 0.161. The van der Waals surface area contributed by atoms with Gasteiger partial charge in [0, 0.05) is 11.9 Å². The Morgan fingerprint density at radius 1 is 1.24 bits per heavy atom. The minimum Gasteiger partial charge on any atom is -0.359 e. The van der Waals surface area contributed by atoms with Crippen LogP contribution >= 0.6 is 11.8 Å². The number of aryl methyl sites for hydroxylation is 1. The van der Waals surface area contributed by atoms with Crippen LogP contribution in [0, 0.1) is 6.92 Å².